The van der Waals surface area contributed by atoms with Crippen molar-refractivity contribution in [1.82, 2.24) is 14.9 Å². The zero-order valence-corrected chi connectivity index (χ0v) is 17.9. The van der Waals surface area contributed by atoms with Crippen LogP contribution in [-0.4, -0.2) is 48.1 Å². The molecule has 0 unspecified atom stereocenters. The van der Waals surface area contributed by atoms with E-state index in [0.717, 1.165) is 36.3 Å². The molecule has 2 rings (SSSR count). The molecule has 3 N–H and O–H groups in total. The Morgan fingerprint density at radius 3 is 2.50 bits per heavy atom. The van der Waals surface area contributed by atoms with Crippen molar-refractivity contribution in [2.75, 3.05) is 43.1 Å². The van der Waals surface area contributed by atoms with Crippen LogP contribution in [0.25, 0.3) is 5.57 Å². The third kappa shape index (κ3) is 7.52. The number of hydrogen-bond donors (Lipinski definition) is 3. The molecule has 0 aliphatic rings. The Kier molecular flexibility index (Phi) is 8.77. The largest absolute Gasteiger partial charge is 0.370 e. The predicted octanol–water partition coefficient (Wildman–Crippen LogP) is 4.55. The molecule has 158 valence electrons. The van der Waals surface area contributed by atoms with Crippen molar-refractivity contribution >= 4 is 29.1 Å². The van der Waals surface area contributed by atoms with Crippen LogP contribution in [0.4, 0.5) is 22.2 Å². The summed E-state index contributed by atoms with van der Waals surface area (Å²) in [6, 6.07) is 8.91. The summed E-state index contributed by atoms with van der Waals surface area (Å²) in [5.74, 6) is 0.939. The van der Waals surface area contributed by atoms with Crippen molar-refractivity contribution in [2.24, 2.45) is 0 Å². The molecule has 0 bridgehead atoms. The number of aromatic nitrogens is 2. The van der Waals surface area contributed by atoms with Gasteiger partial charge in [0.25, 0.3) is 0 Å². The Balaban J connectivity index is 1.96. The van der Waals surface area contributed by atoms with E-state index < -0.39 is 6.03 Å². The van der Waals surface area contributed by atoms with E-state index in [2.05, 4.69) is 44.0 Å². The summed E-state index contributed by atoms with van der Waals surface area (Å²) in [7, 11) is 4.08. The molecule has 0 fully saturated rings. The summed E-state index contributed by atoms with van der Waals surface area (Å²) in [5, 5.41) is 8.74. The van der Waals surface area contributed by atoms with Gasteiger partial charge in [0.05, 0.1) is 0 Å². The summed E-state index contributed by atoms with van der Waals surface area (Å²) >= 11 is 0. The molecular formula is C23H30N6O. The summed E-state index contributed by atoms with van der Waals surface area (Å²) in [6.07, 6.45) is 6.34. The SMILES string of the molecule is C=C/C=C(\C=C)c1ccc(NC(=O)Nc2nc(C)cc(NCCCN(C)C)n2)cc1. The standard InChI is InChI=1S/C23H30N6O/c1-6-9-18(7-2)19-10-12-20(13-11-19)26-23(30)28-22-25-17(3)16-21(27-22)24-14-8-15-29(4)5/h6-7,9-13,16H,1-2,8,14-15H2,3-5H3,(H3,24,25,26,27,28,30)/b18-9+. The van der Waals surface area contributed by atoms with E-state index in [-0.39, 0.29) is 5.95 Å². The van der Waals surface area contributed by atoms with Crippen LogP contribution >= 0.6 is 0 Å². The molecule has 0 saturated carbocycles. The van der Waals surface area contributed by atoms with Gasteiger partial charge >= 0.3 is 6.03 Å². The number of benzene rings is 1. The quantitative estimate of drug-likeness (QED) is 0.398. The van der Waals surface area contributed by atoms with Crippen LogP contribution in [0.3, 0.4) is 0 Å². The van der Waals surface area contributed by atoms with Crippen LogP contribution in [0.15, 0.2) is 61.7 Å². The lowest BCUT2D eigenvalue weighted by atomic mass is 10.1. The van der Waals surface area contributed by atoms with E-state index in [9.17, 15) is 4.79 Å². The molecule has 7 nitrogen and oxygen atoms in total. The Bertz CT molecular complexity index is 902. The summed E-state index contributed by atoms with van der Waals surface area (Å²) in [4.78, 5) is 23.1. The van der Waals surface area contributed by atoms with Crippen LogP contribution < -0.4 is 16.0 Å². The van der Waals surface area contributed by atoms with Gasteiger partial charge in [-0.2, -0.15) is 4.98 Å². The monoisotopic (exact) mass is 406 g/mol. The first-order chi connectivity index (χ1) is 14.4. The molecule has 0 radical (unpaired) electrons. The van der Waals surface area contributed by atoms with Gasteiger partial charge in [-0.05, 0) is 57.3 Å². The van der Waals surface area contributed by atoms with E-state index in [1.165, 1.54) is 0 Å². The number of urea groups is 1. The number of carbonyl (C=O) groups excluding carboxylic acids is 1. The Hall–Kier alpha value is -3.45. The van der Waals surface area contributed by atoms with Gasteiger partial charge in [-0.3, -0.25) is 5.32 Å². The minimum Gasteiger partial charge on any atom is -0.370 e. The van der Waals surface area contributed by atoms with Crippen molar-refractivity contribution in [3.05, 3.63) is 73.0 Å². The highest BCUT2D eigenvalue weighted by atomic mass is 16.2. The number of aryl methyl sites for hydroxylation is 1. The number of anilines is 3. The zero-order chi connectivity index (χ0) is 21.9. The van der Waals surface area contributed by atoms with Gasteiger partial charge in [0, 0.05) is 24.0 Å². The van der Waals surface area contributed by atoms with E-state index in [4.69, 9.17) is 0 Å². The first-order valence-corrected chi connectivity index (χ1v) is 9.79. The molecule has 1 heterocycles. The molecule has 0 aliphatic heterocycles. The minimum atomic E-state index is -0.405. The molecule has 0 aliphatic carbocycles. The molecule has 0 saturated heterocycles. The molecular weight excluding hydrogens is 376 g/mol. The van der Waals surface area contributed by atoms with Gasteiger partial charge < -0.3 is 15.5 Å². The molecule has 0 atom stereocenters. The van der Waals surface area contributed by atoms with Gasteiger partial charge in [-0.1, -0.05) is 43.5 Å². The maximum atomic E-state index is 12.3. The Morgan fingerprint density at radius 1 is 1.13 bits per heavy atom. The van der Waals surface area contributed by atoms with Crippen molar-refractivity contribution < 1.29 is 4.79 Å². The van der Waals surface area contributed by atoms with Crippen LogP contribution in [0.5, 0.6) is 0 Å². The fraction of sp³-hybridized carbons (Fsp3) is 0.261. The van der Waals surface area contributed by atoms with Crippen LogP contribution in [-0.2, 0) is 0 Å². The molecule has 1 aromatic heterocycles. The molecule has 30 heavy (non-hydrogen) atoms. The van der Waals surface area contributed by atoms with Crippen molar-refractivity contribution in [2.45, 2.75) is 13.3 Å². The number of rotatable bonds is 10. The maximum Gasteiger partial charge on any atom is 0.326 e. The summed E-state index contributed by atoms with van der Waals surface area (Å²) in [6.45, 7) is 11.1. The van der Waals surface area contributed by atoms with E-state index in [1.54, 1.807) is 12.2 Å². The first-order valence-electron chi connectivity index (χ1n) is 9.79. The Labute approximate surface area is 178 Å². The lowest BCUT2D eigenvalue weighted by Gasteiger charge is -2.12. The number of amides is 2. The molecule has 2 amide bonds. The molecule has 7 heteroatoms. The summed E-state index contributed by atoms with van der Waals surface area (Å²) in [5.41, 5.74) is 3.38. The second-order valence-corrected chi connectivity index (χ2v) is 7.02. The van der Waals surface area contributed by atoms with Crippen molar-refractivity contribution in [1.29, 1.82) is 0 Å². The number of nitrogens with zero attached hydrogens (tertiary/aromatic N) is 3. The van der Waals surface area contributed by atoms with Gasteiger partial charge in [0.2, 0.25) is 5.95 Å². The fourth-order valence-corrected chi connectivity index (χ4v) is 2.75. The molecule has 1 aromatic carbocycles. The second-order valence-electron chi connectivity index (χ2n) is 7.02. The van der Waals surface area contributed by atoms with Crippen LogP contribution in [0.1, 0.15) is 17.7 Å². The van der Waals surface area contributed by atoms with Crippen molar-refractivity contribution in [3.8, 4) is 0 Å². The smallest absolute Gasteiger partial charge is 0.326 e. The van der Waals surface area contributed by atoms with Gasteiger partial charge in [0.15, 0.2) is 0 Å². The van der Waals surface area contributed by atoms with Crippen LogP contribution in [0.2, 0.25) is 0 Å². The average Bonchev–Trinajstić information content (AvgIpc) is 2.69. The molecule has 2 aromatic rings. The Morgan fingerprint density at radius 2 is 1.87 bits per heavy atom. The highest BCUT2D eigenvalue weighted by Crippen LogP contribution is 2.19. The van der Waals surface area contributed by atoms with E-state index in [0.29, 0.717) is 11.5 Å². The average molecular weight is 407 g/mol. The fourth-order valence-electron chi connectivity index (χ4n) is 2.75. The third-order valence-electron chi connectivity index (χ3n) is 4.16. The van der Waals surface area contributed by atoms with Gasteiger partial charge in [-0.25, -0.2) is 9.78 Å². The zero-order valence-electron chi connectivity index (χ0n) is 17.9. The highest BCUT2D eigenvalue weighted by Gasteiger charge is 2.08. The lowest BCUT2D eigenvalue weighted by molar-refractivity contribution is 0.262. The van der Waals surface area contributed by atoms with Gasteiger partial charge in [-0.15, -0.1) is 0 Å². The predicted molar refractivity (Wildman–Crippen MR) is 126 cm³/mol. The number of nitrogens with one attached hydrogen (secondary N) is 3. The number of allylic oxidation sites excluding steroid dienone is 4. The second kappa shape index (κ2) is 11.5. The van der Waals surface area contributed by atoms with E-state index in [1.807, 2.05) is 57.4 Å². The first kappa shape index (κ1) is 22.8. The van der Waals surface area contributed by atoms with Crippen LogP contribution in [0, 0.1) is 6.92 Å². The number of hydrogen-bond acceptors (Lipinski definition) is 5. The highest BCUT2D eigenvalue weighted by molar-refractivity contribution is 5.98. The summed E-state index contributed by atoms with van der Waals surface area (Å²) < 4.78 is 0. The number of carbonyl (C=O) groups is 1. The normalized spacial score (nSPS) is 11.1. The molecule has 0 spiro atoms. The third-order valence-corrected chi connectivity index (χ3v) is 4.16. The van der Waals surface area contributed by atoms with Gasteiger partial charge in [0.1, 0.15) is 5.82 Å². The van der Waals surface area contributed by atoms with E-state index >= 15 is 0 Å². The lowest BCUT2D eigenvalue weighted by Crippen LogP contribution is -2.21. The maximum absolute atomic E-state index is 12.3. The van der Waals surface area contributed by atoms with Crippen molar-refractivity contribution in [3.63, 3.8) is 0 Å². The minimum absolute atomic E-state index is 0.252. The topological polar surface area (TPSA) is 82.2 Å².